The summed E-state index contributed by atoms with van der Waals surface area (Å²) in [6.07, 6.45) is 0. The van der Waals surface area contributed by atoms with Gasteiger partial charge in [0.1, 0.15) is 5.37 Å². The van der Waals surface area contributed by atoms with Crippen molar-refractivity contribution in [2.45, 2.75) is 24.5 Å². The second-order valence-electron chi connectivity index (χ2n) is 4.12. The van der Waals surface area contributed by atoms with Crippen molar-refractivity contribution in [3.63, 3.8) is 0 Å². The van der Waals surface area contributed by atoms with Crippen molar-refractivity contribution in [2.75, 3.05) is 20.3 Å². The number of methoxy groups -OCH3 is 1. The molecule has 3 nitrogen and oxygen atoms in total. The van der Waals surface area contributed by atoms with E-state index in [2.05, 4.69) is 18.4 Å². The third-order valence-electron chi connectivity index (χ3n) is 2.91. The molecular weight excluding hydrogens is 254 g/mol. The molecule has 2 heterocycles. The van der Waals surface area contributed by atoms with Crippen molar-refractivity contribution in [1.82, 2.24) is 4.90 Å². The van der Waals surface area contributed by atoms with E-state index in [1.807, 2.05) is 11.8 Å². The van der Waals surface area contributed by atoms with E-state index >= 15 is 0 Å². The van der Waals surface area contributed by atoms with E-state index in [0.717, 1.165) is 0 Å². The summed E-state index contributed by atoms with van der Waals surface area (Å²) >= 11 is 3.47. The van der Waals surface area contributed by atoms with E-state index in [1.165, 1.54) is 10.4 Å². The lowest BCUT2D eigenvalue weighted by atomic mass is 10.2. The maximum atomic E-state index is 12.1. The van der Waals surface area contributed by atoms with Crippen LogP contribution in [0.25, 0.3) is 0 Å². The van der Waals surface area contributed by atoms with E-state index in [0.29, 0.717) is 13.2 Å². The van der Waals surface area contributed by atoms with E-state index in [-0.39, 0.29) is 16.5 Å². The van der Waals surface area contributed by atoms with Gasteiger partial charge in [-0.2, -0.15) is 0 Å². The predicted octanol–water partition coefficient (Wildman–Crippen LogP) is 2.67. The molecule has 0 aliphatic carbocycles. The predicted molar refractivity (Wildman–Crippen MR) is 72.4 cm³/mol. The molecule has 0 radical (unpaired) electrons. The van der Waals surface area contributed by atoms with Gasteiger partial charge in [-0.1, -0.05) is 0 Å². The van der Waals surface area contributed by atoms with Crippen LogP contribution in [0.4, 0.5) is 0 Å². The Morgan fingerprint density at radius 2 is 2.29 bits per heavy atom. The molecule has 0 spiro atoms. The minimum Gasteiger partial charge on any atom is -0.383 e. The Morgan fingerprint density at radius 3 is 2.88 bits per heavy atom. The van der Waals surface area contributed by atoms with Crippen LogP contribution in [0.3, 0.4) is 0 Å². The van der Waals surface area contributed by atoms with E-state index in [1.54, 1.807) is 30.2 Å². The summed E-state index contributed by atoms with van der Waals surface area (Å²) in [4.78, 5) is 15.3. The first-order chi connectivity index (χ1) is 8.15. The molecule has 1 amide bonds. The molecule has 2 atom stereocenters. The minimum atomic E-state index is 0.0540. The van der Waals surface area contributed by atoms with Crippen LogP contribution in [-0.2, 0) is 9.53 Å². The van der Waals surface area contributed by atoms with E-state index < -0.39 is 0 Å². The highest BCUT2D eigenvalue weighted by molar-refractivity contribution is 8.01. The van der Waals surface area contributed by atoms with Gasteiger partial charge in [0.05, 0.1) is 11.9 Å². The average Bonchev–Trinajstić information content (AvgIpc) is 2.83. The molecule has 1 aliphatic rings. The normalized spacial score (nSPS) is 24.6. The van der Waals surface area contributed by atoms with Crippen molar-refractivity contribution in [3.05, 3.63) is 21.9 Å². The number of thioether (sulfide) groups is 1. The van der Waals surface area contributed by atoms with Gasteiger partial charge in [0.15, 0.2) is 0 Å². The van der Waals surface area contributed by atoms with Gasteiger partial charge in [-0.25, -0.2) is 0 Å². The van der Waals surface area contributed by atoms with Crippen LogP contribution in [-0.4, -0.2) is 36.3 Å². The quantitative estimate of drug-likeness (QED) is 0.843. The Bertz CT molecular complexity index is 405. The van der Waals surface area contributed by atoms with Crippen LogP contribution in [0.1, 0.15) is 22.7 Å². The molecule has 94 valence electrons. The largest absolute Gasteiger partial charge is 0.383 e. The number of amides is 1. The summed E-state index contributed by atoms with van der Waals surface area (Å²) in [7, 11) is 1.67. The number of ether oxygens (including phenoxy) is 1. The summed E-state index contributed by atoms with van der Waals surface area (Å²) in [6, 6.07) is 2.11. The molecular formula is C12H17NO2S2. The van der Waals surface area contributed by atoms with Gasteiger partial charge in [0.2, 0.25) is 5.91 Å². The SMILES string of the molecule is COCCN1C(=O)[C@H](C)S[C@H]1c1sccc1C. The number of carbonyl (C=O) groups is 1. The maximum Gasteiger partial charge on any atom is 0.236 e. The molecule has 0 bridgehead atoms. The molecule has 0 saturated carbocycles. The zero-order chi connectivity index (χ0) is 12.4. The van der Waals surface area contributed by atoms with Gasteiger partial charge in [0.25, 0.3) is 0 Å². The van der Waals surface area contributed by atoms with Crippen molar-refractivity contribution >= 4 is 29.0 Å². The van der Waals surface area contributed by atoms with Crippen molar-refractivity contribution in [3.8, 4) is 0 Å². The van der Waals surface area contributed by atoms with Gasteiger partial charge in [-0.15, -0.1) is 23.1 Å². The number of rotatable bonds is 4. The molecule has 0 aromatic carbocycles. The Kier molecular flexibility index (Phi) is 4.12. The standard InChI is InChI=1S/C12H17NO2S2/c1-8-4-7-16-10(8)12-13(5-6-15-3)11(14)9(2)17-12/h4,7,9,12H,5-6H2,1-3H3/t9-,12-/m0/s1. The Morgan fingerprint density at radius 1 is 1.53 bits per heavy atom. The summed E-state index contributed by atoms with van der Waals surface area (Å²) in [5, 5.41) is 2.32. The third-order valence-corrected chi connectivity index (χ3v) is 5.49. The van der Waals surface area contributed by atoms with E-state index in [9.17, 15) is 4.79 Å². The highest BCUT2D eigenvalue weighted by atomic mass is 32.2. The summed E-state index contributed by atoms with van der Waals surface area (Å²) in [5.41, 5.74) is 1.27. The van der Waals surface area contributed by atoms with Crippen molar-refractivity contribution in [1.29, 1.82) is 0 Å². The smallest absolute Gasteiger partial charge is 0.236 e. The first-order valence-corrected chi connectivity index (χ1v) is 7.46. The van der Waals surface area contributed by atoms with Gasteiger partial charge in [0, 0.05) is 18.5 Å². The van der Waals surface area contributed by atoms with Crippen LogP contribution in [0, 0.1) is 6.92 Å². The second kappa shape index (κ2) is 5.42. The van der Waals surface area contributed by atoms with Gasteiger partial charge >= 0.3 is 0 Å². The number of thiophene rings is 1. The summed E-state index contributed by atoms with van der Waals surface area (Å²) < 4.78 is 5.08. The van der Waals surface area contributed by atoms with Crippen LogP contribution >= 0.6 is 23.1 Å². The van der Waals surface area contributed by atoms with Crippen molar-refractivity contribution < 1.29 is 9.53 Å². The first-order valence-electron chi connectivity index (χ1n) is 5.64. The highest BCUT2D eigenvalue weighted by Crippen LogP contribution is 2.45. The minimum absolute atomic E-state index is 0.0540. The molecule has 2 rings (SSSR count). The van der Waals surface area contributed by atoms with Gasteiger partial charge < -0.3 is 9.64 Å². The molecule has 1 fully saturated rings. The molecule has 0 N–H and O–H groups in total. The van der Waals surface area contributed by atoms with Crippen LogP contribution in [0.5, 0.6) is 0 Å². The average molecular weight is 271 g/mol. The van der Waals surface area contributed by atoms with Crippen LogP contribution in [0.15, 0.2) is 11.4 Å². The monoisotopic (exact) mass is 271 g/mol. The third kappa shape index (κ3) is 2.51. The lowest BCUT2D eigenvalue weighted by molar-refractivity contribution is -0.130. The molecule has 17 heavy (non-hydrogen) atoms. The van der Waals surface area contributed by atoms with Crippen molar-refractivity contribution in [2.24, 2.45) is 0 Å². The van der Waals surface area contributed by atoms with Gasteiger partial charge in [-0.3, -0.25) is 4.79 Å². The summed E-state index contributed by atoms with van der Waals surface area (Å²) in [6.45, 7) is 5.36. The number of aryl methyl sites for hydroxylation is 1. The fourth-order valence-electron chi connectivity index (χ4n) is 1.93. The number of nitrogens with zero attached hydrogens (tertiary/aromatic N) is 1. The lowest BCUT2D eigenvalue weighted by Gasteiger charge is -2.23. The number of hydrogen-bond acceptors (Lipinski definition) is 4. The Hall–Kier alpha value is -0.520. The van der Waals surface area contributed by atoms with E-state index in [4.69, 9.17) is 4.74 Å². The Balaban J connectivity index is 2.20. The maximum absolute atomic E-state index is 12.1. The molecule has 1 aromatic heterocycles. The fourth-order valence-corrected chi connectivity index (χ4v) is 4.49. The van der Waals surface area contributed by atoms with Gasteiger partial charge in [-0.05, 0) is 30.9 Å². The first kappa shape index (κ1) is 12.9. The zero-order valence-corrected chi connectivity index (χ0v) is 11.9. The number of carbonyl (C=O) groups excluding carboxylic acids is 1. The molecule has 1 aliphatic heterocycles. The number of hydrogen-bond donors (Lipinski definition) is 0. The Labute approximate surface area is 110 Å². The highest BCUT2D eigenvalue weighted by Gasteiger charge is 2.39. The topological polar surface area (TPSA) is 29.5 Å². The fraction of sp³-hybridized carbons (Fsp3) is 0.583. The molecule has 1 aromatic rings. The second-order valence-corrected chi connectivity index (χ2v) is 6.50. The molecule has 0 unspecified atom stereocenters. The zero-order valence-electron chi connectivity index (χ0n) is 10.3. The van der Waals surface area contributed by atoms with Crippen LogP contribution < -0.4 is 0 Å². The molecule has 1 saturated heterocycles. The summed E-state index contributed by atoms with van der Waals surface area (Å²) in [5.74, 6) is 0.227. The molecule has 5 heteroatoms. The lowest BCUT2D eigenvalue weighted by Crippen LogP contribution is -2.33. The van der Waals surface area contributed by atoms with Crippen LogP contribution in [0.2, 0.25) is 0 Å².